The highest BCUT2D eigenvalue weighted by Gasteiger charge is 2.31. The van der Waals surface area contributed by atoms with Gasteiger partial charge in [-0.25, -0.2) is 0 Å². The van der Waals surface area contributed by atoms with E-state index in [9.17, 15) is 4.79 Å². The third-order valence-corrected chi connectivity index (χ3v) is 4.73. The summed E-state index contributed by atoms with van der Waals surface area (Å²) in [6.45, 7) is 5.96. The van der Waals surface area contributed by atoms with Gasteiger partial charge in [0, 0.05) is 18.2 Å². The second-order valence-electron chi connectivity index (χ2n) is 5.58. The lowest BCUT2D eigenvalue weighted by Crippen LogP contribution is -2.31. The van der Waals surface area contributed by atoms with Gasteiger partial charge in [-0.05, 0) is 31.9 Å². The van der Waals surface area contributed by atoms with Gasteiger partial charge in [0.15, 0.2) is 5.16 Å². The molecule has 1 aliphatic carbocycles. The Morgan fingerprint density at radius 3 is 2.83 bits per heavy atom. The van der Waals surface area contributed by atoms with Gasteiger partial charge in [-0.3, -0.25) is 9.36 Å². The molecule has 5 nitrogen and oxygen atoms in total. The van der Waals surface area contributed by atoms with Gasteiger partial charge in [-0.1, -0.05) is 36.0 Å². The van der Waals surface area contributed by atoms with E-state index in [4.69, 9.17) is 0 Å². The van der Waals surface area contributed by atoms with Crippen molar-refractivity contribution in [2.24, 2.45) is 0 Å². The molecule has 0 spiro atoms. The number of amides is 1. The lowest BCUT2D eigenvalue weighted by molar-refractivity contribution is -0.120. The highest BCUT2D eigenvalue weighted by Crippen LogP contribution is 2.41. The second kappa shape index (κ2) is 7.00. The second-order valence-corrected chi connectivity index (χ2v) is 6.89. The Morgan fingerprint density at radius 2 is 2.17 bits per heavy atom. The molecule has 0 unspecified atom stereocenters. The van der Waals surface area contributed by atoms with E-state index in [1.165, 1.54) is 11.8 Å². The molecule has 1 atom stereocenters. The van der Waals surface area contributed by atoms with Crippen molar-refractivity contribution in [2.45, 2.75) is 36.1 Å². The number of nitrogens with zero attached hydrogens (tertiary/aromatic N) is 3. The normalized spacial score (nSPS) is 15.2. The van der Waals surface area contributed by atoms with Crippen LogP contribution in [0.15, 0.2) is 48.1 Å². The van der Waals surface area contributed by atoms with Crippen molar-refractivity contribution in [3.8, 4) is 5.69 Å². The summed E-state index contributed by atoms with van der Waals surface area (Å²) in [4.78, 5) is 12.1. The average molecular weight is 328 g/mol. The van der Waals surface area contributed by atoms with Crippen LogP contribution in [-0.2, 0) is 4.79 Å². The Hall–Kier alpha value is -2.08. The van der Waals surface area contributed by atoms with Crippen LogP contribution in [0.3, 0.4) is 0 Å². The van der Waals surface area contributed by atoms with Gasteiger partial charge in [0.05, 0.1) is 5.25 Å². The van der Waals surface area contributed by atoms with Gasteiger partial charge in [0.25, 0.3) is 0 Å². The molecule has 1 saturated carbocycles. The predicted octanol–water partition coefficient (Wildman–Crippen LogP) is 2.93. The largest absolute Gasteiger partial charge is 0.352 e. The Bertz CT molecular complexity index is 694. The zero-order valence-corrected chi connectivity index (χ0v) is 13.9. The first-order valence-corrected chi connectivity index (χ1v) is 8.64. The summed E-state index contributed by atoms with van der Waals surface area (Å²) >= 11 is 1.43. The van der Waals surface area contributed by atoms with E-state index in [1.807, 2.05) is 37.3 Å². The summed E-state index contributed by atoms with van der Waals surface area (Å²) in [6, 6.07) is 10.1. The summed E-state index contributed by atoms with van der Waals surface area (Å²) < 4.78 is 2.08. The number of carbonyl (C=O) groups excluding carboxylic acids is 1. The van der Waals surface area contributed by atoms with Crippen molar-refractivity contribution < 1.29 is 4.79 Å². The van der Waals surface area contributed by atoms with Crippen molar-refractivity contribution in [1.82, 2.24) is 20.1 Å². The fraction of sp³-hybridized carbons (Fsp3) is 0.353. The maximum atomic E-state index is 12.1. The minimum Gasteiger partial charge on any atom is -0.352 e. The van der Waals surface area contributed by atoms with E-state index < -0.39 is 0 Å². The monoisotopic (exact) mass is 328 g/mol. The molecule has 6 heteroatoms. The minimum atomic E-state index is -0.242. The van der Waals surface area contributed by atoms with Gasteiger partial charge in [-0.15, -0.1) is 16.8 Å². The summed E-state index contributed by atoms with van der Waals surface area (Å²) in [5.74, 6) is 1.46. The molecular weight excluding hydrogens is 308 g/mol. The van der Waals surface area contributed by atoms with Gasteiger partial charge >= 0.3 is 0 Å². The number of hydrogen-bond donors (Lipinski definition) is 1. The van der Waals surface area contributed by atoms with Crippen molar-refractivity contribution in [2.75, 3.05) is 6.54 Å². The van der Waals surface area contributed by atoms with Gasteiger partial charge in [0.2, 0.25) is 5.91 Å². The number of carbonyl (C=O) groups is 1. The van der Waals surface area contributed by atoms with E-state index in [1.54, 1.807) is 6.08 Å². The Kier molecular flexibility index (Phi) is 4.81. The van der Waals surface area contributed by atoms with Crippen LogP contribution >= 0.6 is 11.8 Å². The molecule has 1 aromatic heterocycles. The molecule has 1 fully saturated rings. The van der Waals surface area contributed by atoms with Crippen LogP contribution in [0.4, 0.5) is 0 Å². The first kappa shape index (κ1) is 15.8. The first-order chi connectivity index (χ1) is 11.2. The third-order valence-electron chi connectivity index (χ3n) is 3.69. The Morgan fingerprint density at radius 1 is 1.43 bits per heavy atom. The summed E-state index contributed by atoms with van der Waals surface area (Å²) in [7, 11) is 0. The van der Waals surface area contributed by atoms with Crippen LogP contribution in [0.5, 0.6) is 0 Å². The maximum Gasteiger partial charge on any atom is 0.233 e. The zero-order chi connectivity index (χ0) is 16.2. The third kappa shape index (κ3) is 3.64. The van der Waals surface area contributed by atoms with Crippen LogP contribution in [0.2, 0.25) is 0 Å². The van der Waals surface area contributed by atoms with E-state index in [0.717, 1.165) is 29.5 Å². The van der Waals surface area contributed by atoms with Gasteiger partial charge < -0.3 is 5.32 Å². The zero-order valence-electron chi connectivity index (χ0n) is 13.1. The number of aromatic nitrogens is 3. The molecule has 0 radical (unpaired) electrons. The van der Waals surface area contributed by atoms with E-state index in [2.05, 4.69) is 26.7 Å². The molecule has 1 amide bonds. The fourth-order valence-electron chi connectivity index (χ4n) is 2.31. The van der Waals surface area contributed by atoms with Crippen LogP contribution in [0, 0.1) is 0 Å². The highest BCUT2D eigenvalue weighted by atomic mass is 32.2. The van der Waals surface area contributed by atoms with E-state index >= 15 is 0 Å². The molecular formula is C17H20N4OS. The molecule has 1 aromatic carbocycles. The summed E-state index contributed by atoms with van der Waals surface area (Å²) in [5, 5.41) is 12.0. The van der Waals surface area contributed by atoms with Crippen molar-refractivity contribution in [1.29, 1.82) is 0 Å². The molecule has 0 bridgehead atoms. The fourth-order valence-corrected chi connectivity index (χ4v) is 3.21. The van der Waals surface area contributed by atoms with E-state index in [-0.39, 0.29) is 11.2 Å². The molecule has 1 heterocycles. The smallest absolute Gasteiger partial charge is 0.233 e. The van der Waals surface area contributed by atoms with E-state index in [0.29, 0.717) is 12.5 Å². The molecule has 0 aliphatic heterocycles. The van der Waals surface area contributed by atoms with Crippen LogP contribution < -0.4 is 5.32 Å². The van der Waals surface area contributed by atoms with Crippen molar-refractivity contribution in [3.63, 3.8) is 0 Å². The number of nitrogens with one attached hydrogen (secondary N) is 1. The average Bonchev–Trinajstić information content (AvgIpc) is 3.34. The number of para-hydroxylation sites is 1. The summed E-state index contributed by atoms with van der Waals surface area (Å²) in [6.07, 6.45) is 3.99. The maximum absolute atomic E-state index is 12.1. The number of benzene rings is 1. The Balaban J connectivity index is 1.85. The Labute approximate surface area is 140 Å². The highest BCUT2D eigenvalue weighted by molar-refractivity contribution is 8.00. The molecule has 0 saturated heterocycles. The number of thioether (sulfide) groups is 1. The number of rotatable bonds is 7. The number of hydrogen-bond acceptors (Lipinski definition) is 4. The van der Waals surface area contributed by atoms with Crippen molar-refractivity contribution in [3.05, 3.63) is 48.8 Å². The van der Waals surface area contributed by atoms with Gasteiger partial charge in [0.1, 0.15) is 5.82 Å². The lowest BCUT2D eigenvalue weighted by atomic mass is 10.3. The topological polar surface area (TPSA) is 59.8 Å². The SMILES string of the molecule is C=CCNC(=O)[C@@H](C)Sc1nnc(C2CC2)n1-c1ccccc1. The summed E-state index contributed by atoms with van der Waals surface area (Å²) in [5.41, 5.74) is 1.04. The van der Waals surface area contributed by atoms with Crippen LogP contribution in [0.25, 0.3) is 5.69 Å². The van der Waals surface area contributed by atoms with Crippen molar-refractivity contribution >= 4 is 17.7 Å². The molecule has 2 aromatic rings. The quantitative estimate of drug-likeness (QED) is 0.627. The minimum absolute atomic E-state index is 0.0227. The molecule has 1 aliphatic rings. The first-order valence-electron chi connectivity index (χ1n) is 7.76. The van der Waals surface area contributed by atoms with Crippen LogP contribution in [-0.4, -0.2) is 32.5 Å². The molecule has 23 heavy (non-hydrogen) atoms. The molecule has 120 valence electrons. The molecule has 3 rings (SSSR count). The molecule has 1 N–H and O–H groups in total. The standard InChI is InChI=1S/C17H20N4OS/c1-3-11-18-16(22)12(2)23-17-20-19-15(13-9-10-13)21(17)14-7-5-4-6-8-14/h3-8,12-13H,1,9-11H2,2H3,(H,18,22)/t12-/m1/s1. The predicted molar refractivity (Wildman–Crippen MR) is 91.9 cm³/mol. The lowest BCUT2D eigenvalue weighted by Gasteiger charge is -2.13. The van der Waals surface area contributed by atoms with Crippen LogP contribution in [0.1, 0.15) is 31.5 Å². The van der Waals surface area contributed by atoms with Gasteiger partial charge in [-0.2, -0.15) is 0 Å².